The molecule has 1 aromatic carbocycles. The first kappa shape index (κ1) is 16.4. The zero-order chi connectivity index (χ0) is 15.1. The van der Waals surface area contributed by atoms with E-state index in [4.69, 9.17) is 4.99 Å². The second-order valence-corrected chi connectivity index (χ2v) is 6.78. The summed E-state index contributed by atoms with van der Waals surface area (Å²) in [6.45, 7) is 6.42. The van der Waals surface area contributed by atoms with E-state index >= 15 is 0 Å². The third-order valence-electron chi connectivity index (χ3n) is 4.13. The second kappa shape index (κ2) is 8.44. The minimum atomic E-state index is 0.517. The van der Waals surface area contributed by atoms with E-state index in [1.54, 1.807) is 0 Å². The molecule has 2 unspecified atom stereocenters. The van der Waals surface area contributed by atoms with E-state index in [9.17, 15) is 0 Å². The van der Waals surface area contributed by atoms with Gasteiger partial charge in [0, 0.05) is 24.4 Å². The quantitative estimate of drug-likeness (QED) is 0.839. The molecule has 1 N–H and O–H groups in total. The summed E-state index contributed by atoms with van der Waals surface area (Å²) in [5.74, 6) is 1.12. The Morgan fingerprint density at radius 1 is 1.38 bits per heavy atom. The fourth-order valence-corrected chi connectivity index (χ4v) is 3.37. The molecule has 116 valence electrons. The lowest BCUT2D eigenvalue weighted by Gasteiger charge is -2.22. The molecule has 0 aromatic heterocycles. The minimum absolute atomic E-state index is 0.517. The lowest BCUT2D eigenvalue weighted by Crippen LogP contribution is -2.32. The normalized spacial score (nSPS) is 21.7. The molecular weight excluding hydrogens is 278 g/mol. The summed E-state index contributed by atoms with van der Waals surface area (Å²) in [7, 11) is 2.18. The molecule has 1 heterocycles. The predicted molar refractivity (Wildman–Crippen MR) is 94.2 cm³/mol. The molecule has 0 saturated carbocycles. The molecule has 0 amide bonds. The number of amidine groups is 1. The Morgan fingerprint density at radius 3 is 2.86 bits per heavy atom. The highest BCUT2D eigenvalue weighted by Gasteiger charge is 2.20. The molecule has 4 heteroatoms. The minimum Gasteiger partial charge on any atom is -0.361 e. The number of thioether (sulfide) groups is 1. The van der Waals surface area contributed by atoms with Crippen LogP contribution >= 0.6 is 11.8 Å². The van der Waals surface area contributed by atoms with Crippen LogP contribution < -0.4 is 5.32 Å². The number of hydrogen-bond donors (Lipinski definition) is 1. The Labute approximate surface area is 133 Å². The topological polar surface area (TPSA) is 27.6 Å². The van der Waals surface area contributed by atoms with Crippen molar-refractivity contribution < 1.29 is 0 Å². The van der Waals surface area contributed by atoms with E-state index in [2.05, 4.69) is 61.4 Å². The van der Waals surface area contributed by atoms with Gasteiger partial charge in [-0.2, -0.15) is 0 Å². The summed E-state index contributed by atoms with van der Waals surface area (Å²) in [5.41, 5.74) is 1.40. The second-order valence-electron chi connectivity index (χ2n) is 5.77. The van der Waals surface area contributed by atoms with E-state index < -0.39 is 0 Å². The van der Waals surface area contributed by atoms with Crippen LogP contribution in [-0.2, 0) is 6.42 Å². The van der Waals surface area contributed by atoms with Crippen molar-refractivity contribution in [1.29, 1.82) is 0 Å². The predicted octanol–water partition coefficient (Wildman–Crippen LogP) is 3.02. The van der Waals surface area contributed by atoms with Crippen molar-refractivity contribution in [1.82, 2.24) is 10.2 Å². The molecule has 21 heavy (non-hydrogen) atoms. The Bertz CT molecular complexity index is 447. The lowest BCUT2D eigenvalue weighted by atomic mass is 10.1. The van der Waals surface area contributed by atoms with Crippen molar-refractivity contribution in [2.24, 2.45) is 4.99 Å². The third kappa shape index (κ3) is 5.36. The molecule has 1 aliphatic heterocycles. The van der Waals surface area contributed by atoms with Crippen molar-refractivity contribution in [2.75, 3.05) is 25.9 Å². The number of aliphatic imine (C=N–C) groups is 1. The molecule has 1 fully saturated rings. The van der Waals surface area contributed by atoms with Gasteiger partial charge in [-0.05, 0) is 32.4 Å². The number of nitrogens with zero attached hydrogens (tertiary/aromatic N) is 2. The molecule has 1 aliphatic rings. The van der Waals surface area contributed by atoms with Gasteiger partial charge >= 0.3 is 0 Å². The Balaban J connectivity index is 1.73. The number of nitrogens with one attached hydrogen (secondary N) is 1. The van der Waals surface area contributed by atoms with Gasteiger partial charge in [0.05, 0.1) is 6.54 Å². The van der Waals surface area contributed by atoms with Gasteiger partial charge in [-0.15, -0.1) is 0 Å². The van der Waals surface area contributed by atoms with Crippen LogP contribution in [0.1, 0.15) is 25.8 Å². The lowest BCUT2D eigenvalue weighted by molar-refractivity contribution is 0.259. The maximum absolute atomic E-state index is 4.70. The summed E-state index contributed by atoms with van der Waals surface area (Å²) in [4.78, 5) is 7.08. The summed E-state index contributed by atoms with van der Waals surface area (Å²) in [6, 6.07) is 11.8. The molecule has 2 rings (SSSR count). The smallest absolute Gasteiger partial charge is 0.156 e. The van der Waals surface area contributed by atoms with Crippen LogP contribution in [-0.4, -0.2) is 48.0 Å². The number of hydrogen-bond acceptors (Lipinski definition) is 3. The van der Waals surface area contributed by atoms with Gasteiger partial charge in [0.25, 0.3) is 0 Å². The van der Waals surface area contributed by atoms with Crippen LogP contribution in [0.3, 0.4) is 0 Å². The van der Waals surface area contributed by atoms with E-state index in [-0.39, 0.29) is 0 Å². The van der Waals surface area contributed by atoms with Gasteiger partial charge in [0.2, 0.25) is 0 Å². The zero-order valence-electron chi connectivity index (χ0n) is 13.4. The summed E-state index contributed by atoms with van der Waals surface area (Å²) < 4.78 is 0. The highest BCUT2D eigenvalue weighted by molar-refractivity contribution is 8.14. The first-order valence-electron chi connectivity index (χ1n) is 7.87. The first-order valence-corrected chi connectivity index (χ1v) is 8.85. The molecule has 0 bridgehead atoms. The largest absolute Gasteiger partial charge is 0.361 e. The highest BCUT2D eigenvalue weighted by atomic mass is 32.2. The Morgan fingerprint density at radius 2 is 2.14 bits per heavy atom. The number of likely N-dealkylation sites (N-methyl/N-ethyl adjacent to an activating group) is 1. The molecule has 0 spiro atoms. The molecule has 3 nitrogen and oxygen atoms in total. The van der Waals surface area contributed by atoms with E-state index in [1.807, 2.05) is 11.8 Å². The Kier molecular flexibility index (Phi) is 6.58. The van der Waals surface area contributed by atoms with E-state index in [0.717, 1.165) is 30.4 Å². The maximum atomic E-state index is 4.70. The summed E-state index contributed by atoms with van der Waals surface area (Å²) in [6.07, 6.45) is 2.28. The highest BCUT2D eigenvalue weighted by Crippen LogP contribution is 2.17. The summed E-state index contributed by atoms with van der Waals surface area (Å²) >= 11 is 1.86. The first-order chi connectivity index (χ1) is 10.2. The van der Waals surface area contributed by atoms with E-state index in [0.29, 0.717) is 12.1 Å². The van der Waals surface area contributed by atoms with Gasteiger partial charge in [-0.3, -0.25) is 4.99 Å². The monoisotopic (exact) mass is 305 g/mol. The molecule has 0 radical (unpaired) electrons. The standard InChI is InChI=1S/C17H27N3S/c1-4-14(2)20(3)11-10-18-17-19-16(13-21-17)12-15-8-6-5-7-9-15/h5-9,14,16H,4,10-13H2,1-3H3,(H,18,19). The van der Waals surface area contributed by atoms with Crippen LogP contribution in [0.15, 0.2) is 35.3 Å². The molecule has 1 saturated heterocycles. The number of rotatable bonds is 7. The summed E-state index contributed by atoms with van der Waals surface area (Å²) in [5, 5.41) is 4.67. The van der Waals surface area contributed by atoms with Crippen molar-refractivity contribution in [3.8, 4) is 0 Å². The molecule has 0 aliphatic carbocycles. The molecular formula is C17H27N3S. The average molecular weight is 305 g/mol. The fourth-order valence-electron chi connectivity index (χ4n) is 2.38. The van der Waals surface area contributed by atoms with Gasteiger partial charge in [0.1, 0.15) is 0 Å². The van der Waals surface area contributed by atoms with Gasteiger partial charge < -0.3 is 10.2 Å². The van der Waals surface area contributed by atoms with Crippen molar-refractivity contribution in [3.05, 3.63) is 35.9 Å². The van der Waals surface area contributed by atoms with Crippen molar-refractivity contribution in [2.45, 2.75) is 38.8 Å². The third-order valence-corrected chi connectivity index (χ3v) is 5.21. The number of benzene rings is 1. The van der Waals surface area contributed by atoms with E-state index in [1.165, 1.54) is 12.0 Å². The van der Waals surface area contributed by atoms with Crippen molar-refractivity contribution >= 4 is 16.9 Å². The van der Waals surface area contributed by atoms with Gasteiger partial charge in [-0.25, -0.2) is 0 Å². The molecule has 2 atom stereocenters. The van der Waals surface area contributed by atoms with Crippen LogP contribution in [0, 0.1) is 0 Å². The van der Waals surface area contributed by atoms with Gasteiger partial charge in [0.15, 0.2) is 5.17 Å². The maximum Gasteiger partial charge on any atom is 0.156 e. The van der Waals surface area contributed by atoms with Gasteiger partial charge in [-0.1, -0.05) is 49.0 Å². The van der Waals surface area contributed by atoms with Crippen LogP contribution in [0.25, 0.3) is 0 Å². The van der Waals surface area contributed by atoms with Crippen LogP contribution in [0.5, 0.6) is 0 Å². The van der Waals surface area contributed by atoms with Crippen LogP contribution in [0.4, 0.5) is 0 Å². The van der Waals surface area contributed by atoms with Crippen molar-refractivity contribution in [3.63, 3.8) is 0 Å². The average Bonchev–Trinajstić information content (AvgIpc) is 2.94. The zero-order valence-corrected chi connectivity index (χ0v) is 14.2. The fraction of sp³-hybridized carbons (Fsp3) is 0.588. The molecule has 1 aromatic rings. The SMILES string of the molecule is CCC(C)N(C)CCN=C1NC(Cc2ccccc2)CS1. The Hall–Kier alpha value is -1.00. The van der Waals surface area contributed by atoms with Crippen LogP contribution in [0.2, 0.25) is 0 Å².